The molecule has 0 aliphatic carbocycles. The molecule has 2 fully saturated rings. The first-order chi connectivity index (χ1) is 15.4. The van der Waals surface area contributed by atoms with Crippen LogP contribution >= 0.6 is 0 Å². The summed E-state index contributed by atoms with van der Waals surface area (Å²) >= 11 is 0. The van der Waals surface area contributed by atoms with E-state index in [1.165, 1.54) is 0 Å². The van der Waals surface area contributed by atoms with Gasteiger partial charge in [0.25, 0.3) is 0 Å². The van der Waals surface area contributed by atoms with Crippen molar-refractivity contribution in [1.29, 1.82) is 0 Å². The van der Waals surface area contributed by atoms with E-state index in [2.05, 4.69) is 13.1 Å². The van der Waals surface area contributed by atoms with Gasteiger partial charge in [0.2, 0.25) is 0 Å². The molecule has 0 bridgehead atoms. The Kier molecular flexibility index (Phi) is 16.5. The largest absolute Gasteiger partial charge is 0.395 e. The van der Waals surface area contributed by atoms with Crippen LogP contribution in [0.1, 0.15) is 40.5 Å². The van der Waals surface area contributed by atoms with Crippen molar-refractivity contribution in [2.45, 2.75) is 77.9 Å². The van der Waals surface area contributed by atoms with Gasteiger partial charge in [-0.1, -0.05) is 0 Å². The predicted octanol–water partition coefficient (Wildman–Crippen LogP) is 3.87. The Balaban J connectivity index is 0.000000320. The van der Waals surface area contributed by atoms with Crippen LogP contribution in [0.4, 0.5) is 0 Å². The summed E-state index contributed by atoms with van der Waals surface area (Å²) in [5, 5.41) is 0. The Labute approximate surface area is 198 Å². The predicted molar refractivity (Wildman–Crippen MR) is 130 cm³/mol. The highest BCUT2D eigenvalue weighted by Crippen LogP contribution is 2.17. The van der Waals surface area contributed by atoms with Gasteiger partial charge >= 0.3 is 17.1 Å². The van der Waals surface area contributed by atoms with E-state index in [9.17, 15) is 0 Å². The van der Waals surface area contributed by atoms with Gasteiger partial charge in [-0.25, -0.2) is 0 Å². The molecule has 2 rings (SSSR count). The van der Waals surface area contributed by atoms with Gasteiger partial charge in [-0.2, -0.15) is 0 Å². The van der Waals surface area contributed by atoms with Crippen LogP contribution in [-0.2, 0) is 36.7 Å². The first-order valence-electron chi connectivity index (χ1n) is 12.3. The molecule has 0 aromatic carbocycles. The van der Waals surface area contributed by atoms with Crippen molar-refractivity contribution in [3.05, 3.63) is 0 Å². The maximum absolute atomic E-state index is 5.75. The van der Waals surface area contributed by atoms with Crippen LogP contribution in [0.15, 0.2) is 0 Å². The molecule has 2 heterocycles. The zero-order valence-electron chi connectivity index (χ0n) is 21.3. The zero-order valence-corrected chi connectivity index (χ0v) is 23.3. The maximum Gasteiger partial charge on any atom is 0.334 e. The second-order valence-electron chi connectivity index (χ2n) is 8.27. The SMILES string of the molecule is CCO[Si](C)(CCCOCC1CO1)OCC.CCO[Si](C)(CCCOCC1CO1)OCC. The molecule has 192 valence electrons. The average molecular weight is 497 g/mol. The summed E-state index contributed by atoms with van der Waals surface area (Å²) in [6, 6.07) is 2.00. The summed E-state index contributed by atoms with van der Waals surface area (Å²) in [4.78, 5) is 0. The lowest BCUT2D eigenvalue weighted by Crippen LogP contribution is -2.38. The molecule has 2 aliphatic heterocycles. The fraction of sp³-hybridized carbons (Fsp3) is 1.00. The van der Waals surface area contributed by atoms with E-state index < -0.39 is 17.1 Å². The lowest BCUT2D eigenvalue weighted by atomic mass is 10.5. The molecule has 0 aromatic heterocycles. The summed E-state index contributed by atoms with van der Waals surface area (Å²) in [7, 11) is -3.84. The second kappa shape index (κ2) is 17.5. The van der Waals surface area contributed by atoms with Gasteiger partial charge in [-0.3, -0.25) is 0 Å². The van der Waals surface area contributed by atoms with Crippen LogP contribution in [-0.4, -0.2) is 95.4 Å². The molecular formula is C22H48O8Si2. The van der Waals surface area contributed by atoms with E-state index in [4.69, 9.17) is 36.7 Å². The Hall–Kier alpha value is 0.114. The van der Waals surface area contributed by atoms with Crippen molar-refractivity contribution in [3.63, 3.8) is 0 Å². The summed E-state index contributed by atoms with van der Waals surface area (Å²) in [6.07, 6.45) is 2.75. The summed E-state index contributed by atoms with van der Waals surface area (Å²) in [6.45, 7) is 20.0. The summed E-state index contributed by atoms with van der Waals surface area (Å²) < 4.78 is 44.1. The molecule has 32 heavy (non-hydrogen) atoms. The molecule has 2 aliphatic rings. The van der Waals surface area contributed by atoms with E-state index in [0.717, 1.165) is 91.0 Å². The lowest BCUT2D eigenvalue weighted by Gasteiger charge is -2.25. The van der Waals surface area contributed by atoms with Crippen molar-refractivity contribution in [2.75, 3.05) is 66.1 Å². The smallest absolute Gasteiger partial charge is 0.334 e. The molecule has 10 heteroatoms. The first kappa shape index (κ1) is 30.1. The quantitative estimate of drug-likeness (QED) is 0.143. The average Bonchev–Trinajstić information content (AvgIpc) is 3.64. The van der Waals surface area contributed by atoms with Crippen LogP contribution in [0.25, 0.3) is 0 Å². The molecule has 8 nitrogen and oxygen atoms in total. The molecule has 0 N–H and O–H groups in total. The molecule has 0 aromatic rings. The Morgan fingerprint density at radius 2 is 0.938 bits per heavy atom. The van der Waals surface area contributed by atoms with Gasteiger partial charge in [0.1, 0.15) is 12.2 Å². The van der Waals surface area contributed by atoms with Gasteiger partial charge < -0.3 is 36.7 Å². The Morgan fingerprint density at radius 3 is 1.19 bits per heavy atom. The molecule has 0 amide bonds. The van der Waals surface area contributed by atoms with Crippen molar-refractivity contribution in [1.82, 2.24) is 0 Å². The van der Waals surface area contributed by atoms with Crippen LogP contribution < -0.4 is 0 Å². The molecule has 0 radical (unpaired) electrons. The van der Waals surface area contributed by atoms with Gasteiger partial charge in [0, 0.05) is 39.6 Å². The van der Waals surface area contributed by atoms with Crippen LogP contribution in [0, 0.1) is 0 Å². The summed E-state index contributed by atoms with van der Waals surface area (Å²) in [5.41, 5.74) is 0. The summed E-state index contributed by atoms with van der Waals surface area (Å²) in [5.74, 6) is 0. The number of ether oxygens (including phenoxy) is 4. The fourth-order valence-corrected chi connectivity index (χ4v) is 8.10. The van der Waals surface area contributed by atoms with E-state index in [1.807, 2.05) is 27.7 Å². The molecule has 2 unspecified atom stereocenters. The highest BCUT2D eigenvalue weighted by atomic mass is 28.4. The normalized spacial score (nSPS) is 20.1. The first-order valence-corrected chi connectivity index (χ1v) is 17.4. The molecular weight excluding hydrogens is 448 g/mol. The molecule has 0 saturated carbocycles. The highest BCUT2D eigenvalue weighted by molar-refractivity contribution is 6.66. The third-order valence-corrected chi connectivity index (χ3v) is 11.2. The Bertz CT molecular complexity index is 398. The maximum atomic E-state index is 5.75. The number of hydrogen-bond acceptors (Lipinski definition) is 8. The van der Waals surface area contributed by atoms with Crippen molar-refractivity contribution in [2.24, 2.45) is 0 Å². The van der Waals surface area contributed by atoms with Crippen LogP contribution in [0.5, 0.6) is 0 Å². The minimum absolute atomic E-state index is 0.363. The fourth-order valence-electron chi connectivity index (χ4n) is 3.34. The van der Waals surface area contributed by atoms with E-state index in [0.29, 0.717) is 12.2 Å². The van der Waals surface area contributed by atoms with Crippen molar-refractivity contribution < 1.29 is 36.7 Å². The number of epoxide rings is 2. The molecule has 2 atom stereocenters. The number of hydrogen-bond donors (Lipinski definition) is 0. The monoisotopic (exact) mass is 496 g/mol. The molecule has 0 spiro atoms. The van der Waals surface area contributed by atoms with Gasteiger partial charge in [-0.15, -0.1) is 0 Å². The van der Waals surface area contributed by atoms with E-state index in [1.54, 1.807) is 0 Å². The standard InChI is InChI=1S/2C11H24O4Si/c2*1-4-14-16(3,15-5-2)8-6-7-12-9-11-10-13-11/h2*11H,4-10H2,1-3H3. The minimum Gasteiger partial charge on any atom is -0.395 e. The van der Waals surface area contributed by atoms with Crippen LogP contribution in [0.3, 0.4) is 0 Å². The third kappa shape index (κ3) is 15.9. The van der Waals surface area contributed by atoms with Gasteiger partial charge in [0.05, 0.1) is 26.4 Å². The van der Waals surface area contributed by atoms with Crippen molar-refractivity contribution in [3.8, 4) is 0 Å². The van der Waals surface area contributed by atoms with Crippen molar-refractivity contribution >= 4 is 17.1 Å². The van der Waals surface area contributed by atoms with E-state index in [-0.39, 0.29) is 0 Å². The Morgan fingerprint density at radius 1 is 0.625 bits per heavy atom. The van der Waals surface area contributed by atoms with Crippen LogP contribution in [0.2, 0.25) is 25.2 Å². The molecule has 2 saturated heterocycles. The van der Waals surface area contributed by atoms with Gasteiger partial charge in [0.15, 0.2) is 0 Å². The lowest BCUT2D eigenvalue weighted by molar-refractivity contribution is 0.113. The second-order valence-corrected chi connectivity index (χ2v) is 15.0. The topological polar surface area (TPSA) is 80.4 Å². The minimum atomic E-state index is -1.92. The highest BCUT2D eigenvalue weighted by Gasteiger charge is 2.31. The number of rotatable bonds is 20. The van der Waals surface area contributed by atoms with Gasteiger partial charge in [-0.05, 0) is 65.7 Å². The zero-order chi connectivity index (χ0) is 23.7. The third-order valence-electron chi connectivity index (χ3n) is 5.05. The van der Waals surface area contributed by atoms with E-state index >= 15 is 0 Å².